The maximum Gasteiger partial charge on any atom is 0.246 e. The number of benzene rings is 2. The van der Waals surface area contributed by atoms with Crippen LogP contribution in [0.15, 0.2) is 53.4 Å². The van der Waals surface area contributed by atoms with Gasteiger partial charge in [0, 0.05) is 19.2 Å². The van der Waals surface area contributed by atoms with Crippen LogP contribution in [-0.4, -0.2) is 32.9 Å². The predicted molar refractivity (Wildman–Crippen MR) is 94.6 cm³/mol. The molecule has 2 aromatic carbocycles. The molecule has 1 aliphatic rings. The van der Waals surface area contributed by atoms with Crippen molar-refractivity contribution in [3.63, 3.8) is 0 Å². The number of nitrogens with zero attached hydrogens (tertiary/aromatic N) is 1. The van der Waals surface area contributed by atoms with Crippen molar-refractivity contribution in [2.45, 2.75) is 24.2 Å². The number of hydrogen-bond donors (Lipinski definition) is 0. The lowest BCUT2D eigenvalue weighted by Gasteiger charge is -2.31. The minimum atomic E-state index is -3.68. The molecule has 3 rings (SSSR count). The van der Waals surface area contributed by atoms with E-state index in [9.17, 15) is 12.8 Å². The van der Waals surface area contributed by atoms with Crippen LogP contribution in [0.5, 0.6) is 5.75 Å². The van der Waals surface area contributed by atoms with Gasteiger partial charge in [-0.3, -0.25) is 0 Å². The first kappa shape index (κ1) is 17.9. The van der Waals surface area contributed by atoms with Crippen molar-refractivity contribution in [3.8, 4) is 5.75 Å². The highest BCUT2D eigenvalue weighted by Crippen LogP contribution is 2.31. The molecule has 0 aromatic heterocycles. The van der Waals surface area contributed by atoms with Crippen molar-refractivity contribution in [3.05, 3.63) is 59.9 Å². The van der Waals surface area contributed by atoms with Gasteiger partial charge in [-0.25, -0.2) is 12.8 Å². The molecule has 0 bridgehead atoms. The van der Waals surface area contributed by atoms with Gasteiger partial charge in [-0.05, 0) is 42.9 Å². The van der Waals surface area contributed by atoms with Crippen LogP contribution in [0, 0.1) is 11.7 Å². The lowest BCUT2D eigenvalue weighted by molar-refractivity contribution is 0.272. The fraction of sp³-hybridized carbons (Fsp3) is 0.368. The normalized spacial score (nSPS) is 16.7. The average Bonchev–Trinajstić information content (AvgIpc) is 2.62. The van der Waals surface area contributed by atoms with Gasteiger partial charge in [0.15, 0.2) is 0 Å². The van der Waals surface area contributed by atoms with Crippen LogP contribution in [0.3, 0.4) is 0 Å². The van der Waals surface area contributed by atoms with Crippen LogP contribution in [0.25, 0.3) is 0 Å². The molecule has 2 aromatic rings. The molecule has 0 aliphatic carbocycles. The summed E-state index contributed by atoms with van der Waals surface area (Å²) in [5, 5.41) is 0. The van der Waals surface area contributed by atoms with E-state index >= 15 is 0 Å². The molecule has 6 heteroatoms. The molecule has 1 aliphatic heterocycles. The zero-order chi connectivity index (χ0) is 17.9. The van der Waals surface area contributed by atoms with Crippen LogP contribution in [0.2, 0.25) is 0 Å². The Morgan fingerprint density at radius 3 is 2.44 bits per heavy atom. The molecule has 0 unspecified atom stereocenters. The highest BCUT2D eigenvalue weighted by atomic mass is 32.2. The quantitative estimate of drug-likeness (QED) is 0.817. The minimum absolute atomic E-state index is 0.0258. The number of sulfonamides is 1. The monoisotopic (exact) mass is 363 g/mol. The first-order chi connectivity index (χ1) is 12.0. The van der Waals surface area contributed by atoms with Gasteiger partial charge in [-0.15, -0.1) is 0 Å². The molecule has 0 spiro atoms. The Labute approximate surface area is 148 Å². The van der Waals surface area contributed by atoms with Crippen LogP contribution < -0.4 is 4.74 Å². The largest absolute Gasteiger partial charge is 0.495 e. The Hall–Kier alpha value is -1.92. The van der Waals surface area contributed by atoms with Crippen molar-refractivity contribution in [1.29, 1.82) is 0 Å². The van der Waals surface area contributed by atoms with Crippen LogP contribution in [0.4, 0.5) is 4.39 Å². The van der Waals surface area contributed by atoms with E-state index in [0.717, 1.165) is 31.4 Å². The van der Waals surface area contributed by atoms with Crippen LogP contribution in [-0.2, 0) is 16.4 Å². The molecule has 1 fully saturated rings. The second-order valence-electron chi connectivity index (χ2n) is 6.33. The van der Waals surface area contributed by atoms with Crippen LogP contribution in [0.1, 0.15) is 18.4 Å². The SMILES string of the molecule is COc1cc(F)ccc1S(=O)(=O)N1CCC(Cc2ccccc2)CC1. The Morgan fingerprint density at radius 2 is 1.80 bits per heavy atom. The first-order valence-electron chi connectivity index (χ1n) is 8.38. The topological polar surface area (TPSA) is 46.6 Å². The molecule has 4 nitrogen and oxygen atoms in total. The molecule has 25 heavy (non-hydrogen) atoms. The minimum Gasteiger partial charge on any atom is -0.495 e. The lowest BCUT2D eigenvalue weighted by atomic mass is 9.91. The van der Waals surface area contributed by atoms with E-state index in [4.69, 9.17) is 4.74 Å². The zero-order valence-electron chi connectivity index (χ0n) is 14.2. The summed E-state index contributed by atoms with van der Waals surface area (Å²) in [7, 11) is -2.33. The standard InChI is InChI=1S/C19H22FNO3S/c1-24-18-14-17(20)7-8-19(18)25(22,23)21-11-9-16(10-12-21)13-15-5-3-2-4-6-15/h2-8,14,16H,9-13H2,1H3. The van der Waals surface area contributed by atoms with E-state index in [1.807, 2.05) is 18.2 Å². The third-order valence-corrected chi connectivity index (χ3v) is 6.62. The maximum atomic E-state index is 13.3. The molecule has 0 amide bonds. The smallest absolute Gasteiger partial charge is 0.246 e. The van der Waals surface area contributed by atoms with Crippen molar-refractivity contribution < 1.29 is 17.5 Å². The number of hydrogen-bond acceptors (Lipinski definition) is 3. The number of piperidine rings is 1. The molecular weight excluding hydrogens is 341 g/mol. The van der Waals surface area contributed by atoms with Crippen molar-refractivity contribution in [2.24, 2.45) is 5.92 Å². The van der Waals surface area contributed by atoms with E-state index in [0.29, 0.717) is 19.0 Å². The van der Waals surface area contributed by atoms with Gasteiger partial charge in [-0.2, -0.15) is 4.31 Å². The summed E-state index contributed by atoms with van der Waals surface area (Å²) in [4.78, 5) is 0.0258. The van der Waals surface area contributed by atoms with E-state index in [-0.39, 0.29) is 10.6 Å². The summed E-state index contributed by atoms with van der Waals surface area (Å²) < 4.78 is 45.6. The van der Waals surface area contributed by atoms with Gasteiger partial charge in [0.05, 0.1) is 7.11 Å². The summed E-state index contributed by atoms with van der Waals surface area (Å²) >= 11 is 0. The van der Waals surface area contributed by atoms with Crippen molar-refractivity contribution in [2.75, 3.05) is 20.2 Å². The predicted octanol–water partition coefficient (Wildman–Crippen LogP) is 3.48. The van der Waals surface area contributed by atoms with E-state index in [1.54, 1.807) is 0 Å². The first-order valence-corrected chi connectivity index (χ1v) is 9.82. The number of ether oxygens (including phenoxy) is 1. The Balaban J connectivity index is 1.69. The third kappa shape index (κ3) is 4.02. The fourth-order valence-corrected chi connectivity index (χ4v) is 4.90. The second kappa shape index (κ2) is 7.54. The highest BCUT2D eigenvalue weighted by molar-refractivity contribution is 7.89. The van der Waals surface area contributed by atoms with Gasteiger partial charge in [0.1, 0.15) is 16.5 Å². The number of rotatable bonds is 5. The number of methoxy groups -OCH3 is 1. The molecule has 0 radical (unpaired) electrons. The third-order valence-electron chi connectivity index (χ3n) is 4.68. The molecule has 0 N–H and O–H groups in total. The highest BCUT2D eigenvalue weighted by Gasteiger charge is 2.31. The van der Waals surface area contributed by atoms with Crippen molar-refractivity contribution in [1.82, 2.24) is 4.31 Å². The van der Waals surface area contributed by atoms with Gasteiger partial charge >= 0.3 is 0 Å². The van der Waals surface area contributed by atoms with Gasteiger partial charge in [-0.1, -0.05) is 30.3 Å². The Morgan fingerprint density at radius 1 is 1.12 bits per heavy atom. The summed E-state index contributed by atoms with van der Waals surface area (Å²) in [6, 6.07) is 13.8. The second-order valence-corrected chi connectivity index (χ2v) is 8.24. The van der Waals surface area contributed by atoms with E-state index in [2.05, 4.69) is 12.1 Å². The summed E-state index contributed by atoms with van der Waals surface area (Å²) in [6.07, 6.45) is 2.60. The lowest BCUT2D eigenvalue weighted by Crippen LogP contribution is -2.39. The summed E-state index contributed by atoms with van der Waals surface area (Å²) in [5.41, 5.74) is 1.28. The maximum absolute atomic E-state index is 13.3. The Kier molecular flexibility index (Phi) is 5.39. The molecule has 0 atom stereocenters. The van der Waals surface area contributed by atoms with Crippen molar-refractivity contribution >= 4 is 10.0 Å². The van der Waals surface area contributed by atoms with E-state index < -0.39 is 15.8 Å². The number of halogens is 1. The zero-order valence-corrected chi connectivity index (χ0v) is 15.0. The fourth-order valence-electron chi connectivity index (χ4n) is 3.29. The summed E-state index contributed by atoms with van der Waals surface area (Å²) in [5.74, 6) is 0.00717. The molecule has 1 heterocycles. The summed E-state index contributed by atoms with van der Waals surface area (Å²) in [6.45, 7) is 0.945. The van der Waals surface area contributed by atoms with Gasteiger partial charge in [0.2, 0.25) is 10.0 Å². The molecular formula is C19H22FNO3S. The van der Waals surface area contributed by atoms with E-state index in [1.165, 1.54) is 23.0 Å². The van der Waals surface area contributed by atoms with Crippen LogP contribution >= 0.6 is 0 Å². The molecule has 1 saturated heterocycles. The average molecular weight is 363 g/mol. The van der Waals surface area contributed by atoms with Gasteiger partial charge in [0.25, 0.3) is 0 Å². The Bertz CT molecular complexity index is 816. The molecule has 134 valence electrons. The van der Waals surface area contributed by atoms with Gasteiger partial charge < -0.3 is 4.74 Å². The molecule has 0 saturated carbocycles.